The molecule has 1 aliphatic rings. The third-order valence-electron chi connectivity index (χ3n) is 3.73. The van der Waals surface area contributed by atoms with Crippen LogP contribution in [0.3, 0.4) is 0 Å². The number of rotatable bonds is 5. The van der Waals surface area contributed by atoms with E-state index in [-0.39, 0.29) is 5.37 Å². The second kappa shape index (κ2) is 6.72. The third-order valence-corrected chi connectivity index (χ3v) is 5.60. The molecule has 3 aromatic heterocycles. The maximum atomic E-state index is 4.81. The van der Waals surface area contributed by atoms with Crippen molar-refractivity contribution >= 4 is 40.9 Å². The van der Waals surface area contributed by atoms with Gasteiger partial charge in [-0.15, -0.1) is 11.8 Å². The van der Waals surface area contributed by atoms with E-state index in [0.717, 1.165) is 39.9 Å². The number of aromatic nitrogens is 5. The summed E-state index contributed by atoms with van der Waals surface area (Å²) in [5, 5.41) is 12.0. The van der Waals surface area contributed by atoms with E-state index < -0.39 is 0 Å². The molecule has 3 aromatic rings. The maximum absolute atomic E-state index is 4.81. The summed E-state index contributed by atoms with van der Waals surface area (Å²) < 4.78 is 6.49. The zero-order valence-corrected chi connectivity index (χ0v) is 15.9. The van der Waals surface area contributed by atoms with Crippen molar-refractivity contribution in [2.45, 2.75) is 42.8 Å². The Morgan fingerprint density at radius 2 is 2.28 bits per heavy atom. The van der Waals surface area contributed by atoms with Crippen LogP contribution in [0.25, 0.3) is 16.9 Å². The predicted molar refractivity (Wildman–Crippen MR) is 104 cm³/mol. The Bertz CT molecular complexity index is 914. The molecule has 4 heterocycles. The van der Waals surface area contributed by atoms with E-state index in [4.69, 9.17) is 4.98 Å². The van der Waals surface area contributed by atoms with Crippen LogP contribution >= 0.6 is 23.7 Å². The average Bonchev–Trinajstić information content (AvgIpc) is 3.26. The Morgan fingerprint density at radius 1 is 1.40 bits per heavy atom. The molecule has 0 saturated heterocycles. The van der Waals surface area contributed by atoms with Crippen molar-refractivity contribution in [2.24, 2.45) is 4.40 Å². The summed E-state index contributed by atoms with van der Waals surface area (Å²) >= 11 is 3.29. The van der Waals surface area contributed by atoms with E-state index >= 15 is 0 Å². The normalized spacial score (nSPS) is 17.4. The number of aromatic amines is 1. The molecule has 0 amide bonds. The Kier molecular flexibility index (Phi) is 4.43. The molecule has 1 atom stereocenters. The van der Waals surface area contributed by atoms with Crippen LogP contribution in [0.2, 0.25) is 0 Å². The van der Waals surface area contributed by atoms with Crippen molar-refractivity contribution in [2.75, 3.05) is 5.32 Å². The zero-order valence-electron chi connectivity index (χ0n) is 14.2. The van der Waals surface area contributed by atoms with E-state index in [1.165, 1.54) is 0 Å². The SMILES string of the molecule is CC1=NSC(Nc2nc(SC(C)C)cn3c(-c4cn[nH]c4)cnc23)C1. The quantitative estimate of drug-likeness (QED) is 0.522. The molecule has 0 aromatic carbocycles. The minimum Gasteiger partial charge on any atom is -0.353 e. The molecule has 0 bridgehead atoms. The molecule has 0 radical (unpaired) electrons. The largest absolute Gasteiger partial charge is 0.353 e. The van der Waals surface area contributed by atoms with Gasteiger partial charge in [-0.2, -0.15) is 5.10 Å². The number of nitrogens with one attached hydrogen (secondary N) is 2. The number of nitrogens with zero attached hydrogens (tertiary/aromatic N) is 5. The standard InChI is InChI=1S/C16H19N7S2/c1-9(2)24-14-8-23-12(11-5-18-19-6-11)7-17-16(23)15(21-14)20-13-4-10(3)22-25-13/h5-9,13H,4H2,1-3H3,(H,18,19)(H,20,21). The van der Waals surface area contributed by atoms with E-state index in [9.17, 15) is 0 Å². The fourth-order valence-electron chi connectivity index (χ4n) is 2.69. The highest BCUT2D eigenvalue weighted by molar-refractivity contribution is 7.99. The molecule has 1 aliphatic heterocycles. The van der Waals surface area contributed by atoms with Crippen molar-refractivity contribution < 1.29 is 0 Å². The molecule has 7 nitrogen and oxygen atoms in total. The van der Waals surface area contributed by atoms with Crippen molar-refractivity contribution in [3.05, 3.63) is 24.8 Å². The lowest BCUT2D eigenvalue weighted by molar-refractivity contribution is 0.967. The highest BCUT2D eigenvalue weighted by Crippen LogP contribution is 2.31. The van der Waals surface area contributed by atoms with Crippen molar-refractivity contribution in [1.29, 1.82) is 0 Å². The van der Waals surface area contributed by atoms with Crippen LogP contribution in [0, 0.1) is 0 Å². The van der Waals surface area contributed by atoms with Gasteiger partial charge in [0.15, 0.2) is 11.5 Å². The number of thioether (sulfide) groups is 1. The number of hydrogen-bond donors (Lipinski definition) is 2. The lowest BCUT2D eigenvalue weighted by Gasteiger charge is -2.14. The van der Waals surface area contributed by atoms with E-state index in [2.05, 4.69) is 50.1 Å². The van der Waals surface area contributed by atoms with Gasteiger partial charge in [0.1, 0.15) is 10.4 Å². The summed E-state index contributed by atoms with van der Waals surface area (Å²) in [5.74, 6) is 0.794. The van der Waals surface area contributed by atoms with Gasteiger partial charge in [-0.05, 0) is 18.9 Å². The van der Waals surface area contributed by atoms with Gasteiger partial charge in [0.25, 0.3) is 0 Å². The molecule has 0 saturated carbocycles. The van der Waals surface area contributed by atoms with Crippen LogP contribution in [0.1, 0.15) is 27.2 Å². The van der Waals surface area contributed by atoms with Gasteiger partial charge in [-0.3, -0.25) is 9.50 Å². The first-order valence-corrected chi connectivity index (χ1v) is 9.81. The van der Waals surface area contributed by atoms with Gasteiger partial charge in [0, 0.05) is 35.3 Å². The summed E-state index contributed by atoms with van der Waals surface area (Å²) in [4.78, 5) is 9.40. The van der Waals surface area contributed by atoms with E-state index in [1.54, 1.807) is 29.9 Å². The highest BCUT2D eigenvalue weighted by Gasteiger charge is 2.21. The van der Waals surface area contributed by atoms with E-state index in [0.29, 0.717) is 5.25 Å². The molecule has 2 N–H and O–H groups in total. The number of hydrogen-bond acceptors (Lipinski definition) is 7. The Morgan fingerprint density at radius 3 is 2.96 bits per heavy atom. The number of imidazole rings is 1. The van der Waals surface area contributed by atoms with Crippen LogP contribution in [0.15, 0.2) is 34.2 Å². The van der Waals surface area contributed by atoms with Gasteiger partial charge in [0.05, 0.1) is 18.1 Å². The van der Waals surface area contributed by atoms with Crippen molar-refractivity contribution in [3.8, 4) is 11.3 Å². The Balaban J connectivity index is 1.77. The van der Waals surface area contributed by atoms with Crippen LogP contribution in [0.5, 0.6) is 0 Å². The van der Waals surface area contributed by atoms with Crippen molar-refractivity contribution in [3.63, 3.8) is 0 Å². The van der Waals surface area contributed by atoms with Gasteiger partial charge in [-0.25, -0.2) is 14.4 Å². The first-order valence-electron chi connectivity index (χ1n) is 8.10. The van der Waals surface area contributed by atoms with Crippen LogP contribution in [-0.4, -0.2) is 40.9 Å². The molecule has 4 rings (SSSR count). The second-order valence-electron chi connectivity index (χ2n) is 6.19. The lowest BCUT2D eigenvalue weighted by Crippen LogP contribution is -2.16. The Hall–Kier alpha value is -2.00. The third kappa shape index (κ3) is 3.38. The number of fused-ring (bicyclic) bond motifs is 1. The topological polar surface area (TPSA) is 83.3 Å². The van der Waals surface area contributed by atoms with Gasteiger partial charge < -0.3 is 5.32 Å². The summed E-state index contributed by atoms with van der Waals surface area (Å²) in [7, 11) is 0. The molecular formula is C16H19N7S2. The average molecular weight is 374 g/mol. The number of H-pyrrole nitrogens is 1. The fraction of sp³-hybridized carbons (Fsp3) is 0.375. The summed E-state index contributed by atoms with van der Waals surface area (Å²) in [6.07, 6.45) is 8.49. The second-order valence-corrected chi connectivity index (χ2v) is 8.75. The molecule has 0 fully saturated rings. The summed E-state index contributed by atoms with van der Waals surface area (Å²) in [5.41, 5.74) is 3.95. The molecule has 25 heavy (non-hydrogen) atoms. The van der Waals surface area contributed by atoms with Gasteiger partial charge >= 0.3 is 0 Å². The molecule has 0 aliphatic carbocycles. The first-order chi connectivity index (χ1) is 12.1. The Labute approximate surface area is 154 Å². The maximum Gasteiger partial charge on any atom is 0.180 e. The molecule has 130 valence electrons. The highest BCUT2D eigenvalue weighted by atomic mass is 32.2. The molecule has 1 unspecified atom stereocenters. The van der Waals surface area contributed by atoms with E-state index in [1.807, 2.05) is 18.6 Å². The van der Waals surface area contributed by atoms with Crippen LogP contribution < -0.4 is 5.32 Å². The predicted octanol–water partition coefficient (Wildman–Crippen LogP) is 3.87. The fourth-order valence-corrected chi connectivity index (χ4v) is 4.35. The van der Waals surface area contributed by atoms with Crippen molar-refractivity contribution in [1.82, 2.24) is 24.6 Å². The van der Waals surface area contributed by atoms with Gasteiger partial charge in [-0.1, -0.05) is 13.8 Å². The molecule has 9 heteroatoms. The monoisotopic (exact) mass is 373 g/mol. The number of anilines is 1. The minimum atomic E-state index is 0.199. The van der Waals surface area contributed by atoms with Crippen LogP contribution in [-0.2, 0) is 0 Å². The molecular weight excluding hydrogens is 354 g/mol. The first kappa shape index (κ1) is 16.5. The summed E-state index contributed by atoms with van der Waals surface area (Å²) in [6, 6.07) is 0. The zero-order chi connectivity index (χ0) is 17.4. The summed E-state index contributed by atoms with van der Waals surface area (Å²) in [6.45, 7) is 6.38. The van der Waals surface area contributed by atoms with Crippen LogP contribution in [0.4, 0.5) is 5.82 Å². The minimum absolute atomic E-state index is 0.199. The van der Waals surface area contributed by atoms with Gasteiger partial charge in [0.2, 0.25) is 0 Å². The molecule has 0 spiro atoms. The lowest BCUT2D eigenvalue weighted by atomic mass is 10.3. The smallest absolute Gasteiger partial charge is 0.180 e.